The van der Waals surface area contributed by atoms with Gasteiger partial charge in [-0.05, 0) is 55.5 Å². The standard InChI is InChI=1S/C20H20N4O4S/c1-2-26-15-6-3-13(4-7-15)19-22-23-20(29)24(19)10-9-18(25)21-14-5-8-16-17(11-14)28-12-27-16/h3-8,11H,2,9-10,12H2,1H3,(H,21,25)(H,23,29). The monoisotopic (exact) mass is 412 g/mol. The first-order valence-corrected chi connectivity index (χ1v) is 9.63. The first-order chi connectivity index (χ1) is 14.1. The van der Waals surface area contributed by atoms with E-state index in [1.807, 2.05) is 35.8 Å². The summed E-state index contributed by atoms with van der Waals surface area (Å²) in [6.45, 7) is 3.14. The largest absolute Gasteiger partial charge is 0.494 e. The number of amides is 1. The molecule has 29 heavy (non-hydrogen) atoms. The minimum absolute atomic E-state index is 0.135. The van der Waals surface area contributed by atoms with Gasteiger partial charge < -0.3 is 19.5 Å². The first kappa shape index (κ1) is 19.0. The summed E-state index contributed by atoms with van der Waals surface area (Å²) < 4.78 is 18.3. The van der Waals surface area contributed by atoms with E-state index in [-0.39, 0.29) is 19.1 Å². The molecule has 0 atom stereocenters. The summed E-state index contributed by atoms with van der Waals surface area (Å²) in [5.74, 6) is 2.63. The third-order valence-electron chi connectivity index (χ3n) is 4.40. The van der Waals surface area contributed by atoms with Gasteiger partial charge >= 0.3 is 0 Å². The van der Waals surface area contributed by atoms with Crippen molar-refractivity contribution in [3.63, 3.8) is 0 Å². The summed E-state index contributed by atoms with van der Waals surface area (Å²) in [4.78, 5) is 12.4. The van der Waals surface area contributed by atoms with Crippen molar-refractivity contribution in [2.45, 2.75) is 19.9 Å². The van der Waals surface area contributed by atoms with E-state index in [1.165, 1.54) is 0 Å². The van der Waals surface area contributed by atoms with E-state index in [1.54, 1.807) is 18.2 Å². The van der Waals surface area contributed by atoms with Crippen LogP contribution in [0.15, 0.2) is 42.5 Å². The van der Waals surface area contributed by atoms with Gasteiger partial charge in [-0.25, -0.2) is 0 Å². The molecule has 9 heteroatoms. The van der Waals surface area contributed by atoms with E-state index in [0.717, 1.165) is 11.3 Å². The summed E-state index contributed by atoms with van der Waals surface area (Å²) >= 11 is 5.33. The van der Waals surface area contributed by atoms with Crippen molar-refractivity contribution >= 4 is 23.8 Å². The molecule has 0 saturated heterocycles. The normalized spacial score (nSPS) is 12.0. The molecule has 4 rings (SSSR count). The van der Waals surface area contributed by atoms with Crippen molar-refractivity contribution in [3.8, 4) is 28.6 Å². The highest BCUT2D eigenvalue weighted by Crippen LogP contribution is 2.34. The van der Waals surface area contributed by atoms with Crippen molar-refractivity contribution < 1.29 is 19.0 Å². The summed E-state index contributed by atoms with van der Waals surface area (Å²) in [5, 5.41) is 9.97. The van der Waals surface area contributed by atoms with Gasteiger partial charge in [-0.1, -0.05) is 0 Å². The highest BCUT2D eigenvalue weighted by Gasteiger charge is 2.15. The third-order valence-corrected chi connectivity index (χ3v) is 4.71. The van der Waals surface area contributed by atoms with Gasteiger partial charge in [0, 0.05) is 30.3 Å². The van der Waals surface area contributed by atoms with Crippen LogP contribution in [0.1, 0.15) is 13.3 Å². The quantitative estimate of drug-likeness (QED) is 0.574. The molecule has 0 spiro atoms. The van der Waals surface area contributed by atoms with Gasteiger partial charge in [-0.2, -0.15) is 5.10 Å². The van der Waals surface area contributed by atoms with Gasteiger partial charge in [0.25, 0.3) is 0 Å². The Morgan fingerprint density at radius 2 is 2.03 bits per heavy atom. The Bertz CT molecular complexity index is 1070. The fourth-order valence-corrected chi connectivity index (χ4v) is 3.25. The molecular formula is C20H20N4O4S. The number of hydrogen-bond donors (Lipinski definition) is 2. The predicted octanol–water partition coefficient (Wildman–Crippen LogP) is 3.76. The molecular weight excluding hydrogens is 392 g/mol. The molecule has 2 aromatic carbocycles. The predicted molar refractivity (Wildman–Crippen MR) is 110 cm³/mol. The molecule has 0 radical (unpaired) electrons. The van der Waals surface area contributed by atoms with Crippen molar-refractivity contribution in [3.05, 3.63) is 47.2 Å². The fraction of sp³-hybridized carbons (Fsp3) is 0.250. The molecule has 0 unspecified atom stereocenters. The van der Waals surface area contributed by atoms with E-state index in [4.69, 9.17) is 26.4 Å². The van der Waals surface area contributed by atoms with Crippen molar-refractivity contribution in [2.75, 3.05) is 18.7 Å². The molecule has 0 fully saturated rings. The number of H-pyrrole nitrogens is 1. The van der Waals surface area contributed by atoms with Crippen LogP contribution >= 0.6 is 12.2 Å². The van der Waals surface area contributed by atoms with Gasteiger partial charge in [0.1, 0.15) is 5.75 Å². The number of aromatic nitrogens is 3. The number of carbonyl (C=O) groups is 1. The van der Waals surface area contributed by atoms with E-state index in [9.17, 15) is 4.79 Å². The van der Waals surface area contributed by atoms with Gasteiger partial charge in [0.2, 0.25) is 12.7 Å². The minimum Gasteiger partial charge on any atom is -0.494 e. The second kappa shape index (κ2) is 8.36. The molecule has 1 aromatic heterocycles. The smallest absolute Gasteiger partial charge is 0.231 e. The Kier molecular flexibility index (Phi) is 5.48. The SMILES string of the molecule is CCOc1ccc(-c2n[nH]c(=S)n2CCC(=O)Nc2ccc3c(c2)OCO3)cc1. The number of aromatic amines is 1. The number of anilines is 1. The number of rotatable bonds is 7. The molecule has 150 valence electrons. The van der Waals surface area contributed by atoms with Crippen LogP contribution in [-0.2, 0) is 11.3 Å². The molecule has 3 aromatic rings. The van der Waals surface area contributed by atoms with Crippen molar-refractivity contribution in [1.29, 1.82) is 0 Å². The zero-order valence-electron chi connectivity index (χ0n) is 15.8. The lowest BCUT2D eigenvalue weighted by molar-refractivity contribution is -0.116. The number of ether oxygens (including phenoxy) is 3. The van der Waals surface area contributed by atoms with Crippen molar-refractivity contribution in [2.24, 2.45) is 0 Å². The van der Waals surface area contributed by atoms with E-state index >= 15 is 0 Å². The van der Waals surface area contributed by atoms with E-state index < -0.39 is 0 Å². The molecule has 1 amide bonds. The zero-order valence-corrected chi connectivity index (χ0v) is 16.6. The van der Waals surface area contributed by atoms with Crippen LogP contribution in [-0.4, -0.2) is 34.1 Å². The average Bonchev–Trinajstić information content (AvgIpc) is 3.33. The summed E-state index contributed by atoms with van der Waals surface area (Å²) in [5.41, 5.74) is 1.54. The summed E-state index contributed by atoms with van der Waals surface area (Å²) in [7, 11) is 0. The molecule has 1 aliphatic rings. The lowest BCUT2D eigenvalue weighted by Crippen LogP contribution is -2.15. The van der Waals surface area contributed by atoms with Gasteiger partial charge in [0.15, 0.2) is 22.1 Å². The Morgan fingerprint density at radius 1 is 1.24 bits per heavy atom. The third kappa shape index (κ3) is 4.24. The van der Waals surface area contributed by atoms with E-state index in [2.05, 4.69) is 15.5 Å². The Labute approximate surface area is 172 Å². The summed E-state index contributed by atoms with van der Waals surface area (Å²) in [6, 6.07) is 12.9. The average molecular weight is 412 g/mol. The highest BCUT2D eigenvalue weighted by atomic mass is 32.1. The molecule has 1 aliphatic heterocycles. The van der Waals surface area contributed by atoms with Crippen LogP contribution < -0.4 is 19.5 Å². The Hall–Kier alpha value is -3.33. The molecule has 0 saturated carbocycles. The van der Waals surface area contributed by atoms with Gasteiger partial charge in [0.05, 0.1) is 6.61 Å². The van der Waals surface area contributed by atoms with Crippen LogP contribution in [0, 0.1) is 4.77 Å². The molecule has 8 nitrogen and oxygen atoms in total. The first-order valence-electron chi connectivity index (χ1n) is 9.22. The molecule has 2 heterocycles. The van der Waals surface area contributed by atoms with Crippen LogP contribution in [0.25, 0.3) is 11.4 Å². The van der Waals surface area contributed by atoms with Crippen LogP contribution in [0.4, 0.5) is 5.69 Å². The maximum absolute atomic E-state index is 12.4. The number of nitrogens with one attached hydrogen (secondary N) is 2. The van der Waals surface area contributed by atoms with E-state index in [0.29, 0.717) is 40.9 Å². The van der Waals surface area contributed by atoms with Crippen LogP contribution in [0.3, 0.4) is 0 Å². The molecule has 0 aliphatic carbocycles. The second-order valence-electron chi connectivity index (χ2n) is 6.33. The fourth-order valence-electron chi connectivity index (χ4n) is 3.02. The number of fused-ring (bicyclic) bond motifs is 1. The Balaban J connectivity index is 1.42. The zero-order chi connectivity index (χ0) is 20.2. The number of nitrogens with zero attached hydrogens (tertiary/aromatic N) is 2. The maximum atomic E-state index is 12.4. The van der Waals surface area contributed by atoms with Gasteiger partial charge in [-0.3, -0.25) is 14.5 Å². The number of hydrogen-bond acceptors (Lipinski definition) is 6. The lowest BCUT2D eigenvalue weighted by Gasteiger charge is -2.09. The lowest BCUT2D eigenvalue weighted by atomic mass is 10.2. The second-order valence-corrected chi connectivity index (χ2v) is 6.71. The van der Waals surface area contributed by atoms with Gasteiger partial charge in [-0.15, -0.1) is 0 Å². The Morgan fingerprint density at radius 3 is 2.83 bits per heavy atom. The number of benzene rings is 2. The minimum atomic E-state index is -0.135. The van der Waals surface area contributed by atoms with Crippen LogP contribution in [0.5, 0.6) is 17.2 Å². The number of carbonyl (C=O) groups excluding carboxylic acids is 1. The molecule has 2 N–H and O–H groups in total. The summed E-state index contributed by atoms with van der Waals surface area (Å²) in [6.07, 6.45) is 0.242. The molecule has 0 bridgehead atoms. The maximum Gasteiger partial charge on any atom is 0.231 e. The van der Waals surface area contributed by atoms with Crippen molar-refractivity contribution in [1.82, 2.24) is 14.8 Å². The van der Waals surface area contributed by atoms with Crippen LogP contribution in [0.2, 0.25) is 0 Å². The topological polar surface area (TPSA) is 90.4 Å². The highest BCUT2D eigenvalue weighted by molar-refractivity contribution is 7.71.